The molecule has 1 aromatic rings. The average molecular weight is 222 g/mol. The highest BCUT2D eigenvalue weighted by Crippen LogP contribution is 2.26. The molecule has 16 heavy (non-hydrogen) atoms. The number of aliphatic hydroxyl groups excluding tert-OH is 2. The fraction of sp³-hybridized carbons (Fsp3) is 0.571. The van der Waals surface area contributed by atoms with E-state index in [9.17, 15) is 10.2 Å². The minimum Gasteiger partial charge on any atom is -0.390 e. The van der Waals surface area contributed by atoms with Gasteiger partial charge in [0.05, 0.1) is 6.10 Å². The Kier molecular flexibility index (Phi) is 4.97. The Balaban J connectivity index is 2.82. The van der Waals surface area contributed by atoms with Crippen molar-refractivity contribution >= 4 is 0 Å². The Morgan fingerprint density at radius 3 is 2.19 bits per heavy atom. The lowest BCUT2D eigenvalue weighted by Gasteiger charge is -2.21. The molecule has 1 aromatic carbocycles. The molecule has 90 valence electrons. The SMILES string of the molecule is CCCCC(O)C(O)c1c(C)cccc1C. The van der Waals surface area contributed by atoms with E-state index in [0.717, 1.165) is 29.5 Å². The number of unbranched alkanes of at least 4 members (excludes halogenated alkanes) is 1. The summed E-state index contributed by atoms with van der Waals surface area (Å²) >= 11 is 0. The molecular weight excluding hydrogens is 200 g/mol. The van der Waals surface area contributed by atoms with Crippen LogP contribution in [-0.2, 0) is 0 Å². The van der Waals surface area contributed by atoms with Crippen molar-refractivity contribution in [2.75, 3.05) is 0 Å². The summed E-state index contributed by atoms with van der Waals surface area (Å²) in [4.78, 5) is 0. The first-order valence-corrected chi connectivity index (χ1v) is 6.00. The van der Waals surface area contributed by atoms with Gasteiger partial charge in [0.15, 0.2) is 0 Å². The van der Waals surface area contributed by atoms with Crippen molar-refractivity contribution in [3.8, 4) is 0 Å². The number of hydrogen-bond donors (Lipinski definition) is 2. The lowest BCUT2D eigenvalue weighted by atomic mass is 9.93. The highest BCUT2D eigenvalue weighted by molar-refractivity contribution is 5.35. The maximum Gasteiger partial charge on any atom is 0.105 e. The molecule has 0 heterocycles. The number of aryl methyl sites for hydroxylation is 2. The fourth-order valence-electron chi connectivity index (χ4n) is 2.06. The van der Waals surface area contributed by atoms with Crippen molar-refractivity contribution in [3.05, 3.63) is 34.9 Å². The van der Waals surface area contributed by atoms with Crippen LogP contribution < -0.4 is 0 Å². The summed E-state index contributed by atoms with van der Waals surface area (Å²) < 4.78 is 0. The fourth-order valence-corrected chi connectivity index (χ4v) is 2.06. The summed E-state index contributed by atoms with van der Waals surface area (Å²) in [5, 5.41) is 20.0. The van der Waals surface area contributed by atoms with E-state index in [-0.39, 0.29) is 0 Å². The molecule has 0 saturated carbocycles. The van der Waals surface area contributed by atoms with E-state index in [1.54, 1.807) is 0 Å². The Morgan fingerprint density at radius 2 is 1.69 bits per heavy atom. The third kappa shape index (κ3) is 3.06. The van der Waals surface area contributed by atoms with Gasteiger partial charge in [-0.3, -0.25) is 0 Å². The van der Waals surface area contributed by atoms with Crippen LogP contribution in [0.1, 0.15) is 49.0 Å². The van der Waals surface area contributed by atoms with Gasteiger partial charge in [-0.25, -0.2) is 0 Å². The minimum atomic E-state index is -0.757. The zero-order valence-electron chi connectivity index (χ0n) is 10.4. The molecule has 0 saturated heterocycles. The summed E-state index contributed by atoms with van der Waals surface area (Å²) in [6.45, 7) is 6.02. The van der Waals surface area contributed by atoms with E-state index in [1.165, 1.54) is 0 Å². The zero-order chi connectivity index (χ0) is 12.1. The smallest absolute Gasteiger partial charge is 0.105 e. The molecular formula is C14H22O2. The molecule has 0 spiro atoms. The third-order valence-electron chi connectivity index (χ3n) is 3.06. The molecule has 1 rings (SSSR count). The summed E-state index contributed by atoms with van der Waals surface area (Å²) in [7, 11) is 0. The molecule has 2 nitrogen and oxygen atoms in total. The van der Waals surface area contributed by atoms with Crippen molar-refractivity contribution in [3.63, 3.8) is 0 Å². The standard InChI is InChI=1S/C14H22O2/c1-4-5-9-12(15)14(16)13-10(2)7-6-8-11(13)3/h6-8,12,14-16H,4-5,9H2,1-3H3. The molecule has 2 atom stereocenters. The molecule has 2 N–H and O–H groups in total. The first-order valence-electron chi connectivity index (χ1n) is 6.00. The van der Waals surface area contributed by atoms with Crippen LogP contribution in [-0.4, -0.2) is 16.3 Å². The lowest BCUT2D eigenvalue weighted by Crippen LogP contribution is -2.19. The summed E-state index contributed by atoms with van der Waals surface area (Å²) in [5.74, 6) is 0. The molecule has 0 radical (unpaired) electrons. The molecule has 0 amide bonds. The first kappa shape index (κ1) is 13.2. The maximum atomic E-state index is 10.1. The average Bonchev–Trinajstić information content (AvgIpc) is 2.25. The van der Waals surface area contributed by atoms with Gasteiger partial charge in [-0.05, 0) is 37.0 Å². The summed E-state index contributed by atoms with van der Waals surface area (Å²) in [6, 6.07) is 5.91. The number of benzene rings is 1. The molecule has 0 bridgehead atoms. The molecule has 0 aliphatic heterocycles. The Hall–Kier alpha value is -0.860. The van der Waals surface area contributed by atoms with E-state index in [1.807, 2.05) is 32.0 Å². The topological polar surface area (TPSA) is 40.5 Å². The normalized spacial score (nSPS) is 14.8. The van der Waals surface area contributed by atoms with E-state index in [0.29, 0.717) is 6.42 Å². The first-order chi connectivity index (χ1) is 7.57. The van der Waals surface area contributed by atoms with Crippen LogP contribution in [0.2, 0.25) is 0 Å². The minimum absolute atomic E-state index is 0.653. The predicted octanol–water partition coefficient (Wildman–Crippen LogP) is 2.89. The molecule has 2 unspecified atom stereocenters. The van der Waals surface area contributed by atoms with Crippen molar-refractivity contribution in [1.29, 1.82) is 0 Å². The molecule has 0 aromatic heterocycles. The van der Waals surface area contributed by atoms with Gasteiger partial charge in [0.25, 0.3) is 0 Å². The summed E-state index contributed by atoms with van der Waals surface area (Å²) in [6.07, 6.45) is 1.23. The lowest BCUT2D eigenvalue weighted by molar-refractivity contribution is 0.0115. The number of aliphatic hydroxyl groups is 2. The van der Waals surface area contributed by atoms with Crippen LogP contribution in [0, 0.1) is 13.8 Å². The Bertz CT molecular complexity index is 313. The van der Waals surface area contributed by atoms with Crippen LogP contribution in [0.4, 0.5) is 0 Å². The second-order valence-corrected chi connectivity index (χ2v) is 4.46. The molecule has 0 aliphatic carbocycles. The van der Waals surface area contributed by atoms with Crippen molar-refractivity contribution < 1.29 is 10.2 Å². The second kappa shape index (κ2) is 6.02. The second-order valence-electron chi connectivity index (χ2n) is 4.46. The van der Waals surface area contributed by atoms with Gasteiger partial charge >= 0.3 is 0 Å². The monoisotopic (exact) mass is 222 g/mol. The number of rotatable bonds is 5. The van der Waals surface area contributed by atoms with Gasteiger partial charge in [-0.15, -0.1) is 0 Å². The maximum absolute atomic E-state index is 10.1. The molecule has 2 heteroatoms. The van der Waals surface area contributed by atoms with Crippen LogP contribution in [0.5, 0.6) is 0 Å². The van der Waals surface area contributed by atoms with Gasteiger partial charge in [0.2, 0.25) is 0 Å². The highest BCUT2D eigenvalue weighted by Gasteiger charge is 2.20. The number of hydrogen-bond acceptors (Lipinski definition) is 2. The Morgan fingerprint density at radius 1 is 1.12 bits per heavy atom. The summed E-state index contributed by atoms with van der Waals surface area (Å²) in [5.41, 5.74) is 2.97. The predicted molar refractivity (Wildman–Crippen MR) is 66.4 cm³/mol. The van der Waals surface area contributed by atoms with Gasteiger partial charge in [0, 0.05) is 0 Å². The molecule has 0 aliphatic rings. The van der Waals surface area contributed by atoms with E-state index < -0.39 is 12.2 Å². The third-order valence-corrected chi connectivity index (χ3v) is 3.06. The van der Waals surface area contributed by atoms with Gasteiger partial charge < -0.3 is 10.2 Å². The van der Waals surface area contributed by atoms with Crippen LogP contribution in [0.25, 0.3) is 0 Å². The van der Waals surface area contributed by atoms with Gasteiger partial charge in [-0.1, -0.05) is 38.0 Å². The Labute approximate surface area is 97.9 Å². The highest BCUT2D eigenvalue weighted by atomic mass is 16.3. The van der Waals surface area contributed by atoms with Gasteiger partial charge in [0.1, 0.15) is 6.10 Å². The van der Waals surface area contributed by atoms with Crippen molar-refractivity contribution in [1.82, 2.24) is 0 Å². The molecule has 0 fully saturated rings. The van der Waals surface area contributed by atoms with E-state index >= 15 is 0 Å². The van der Waals surface area contributed by atoms with Gasteiger partial charge in [-0.2, -0.15) is 0 Å². The van der Waals surface area contributed by atoms with Crippen molar-refractivity contribution in [2.45, 2.75) is 52.2 Å². The zero-order valence-corrected chi connectivity index (χ0v) is 10.4. The van der Waals surface area contributed by atoms with Crippen LogP contribution in [0.15, 0.2) is 18.2 Å². The largest absolute Gasteiger partial charge is 0.390 e. The van der Waals surface area contributed by atoms with E-state index in [4.69, 9.17) is 0 Å². The van der Waals surface area contributed by atoms with Crippen molar-refractivity contribution in [2.24, 2.45) is 0 Å². The quantitative estimate of drug-likeness (QED) is 0.804. The van der Waals surface area contributed by atoms with Crippen LogP contribution in [0.3, 0.4) is 0 Å². The van der Waals surface area contributed by atoms with Crippen LogP contribution >= 0.6 is 0 Å². The van der Waals surface area contributed by atoms with E-state index in [2.05, 4.69) is 6.92 Å².